The van der Waals surface area contributed by atoms with Gasteiger partial charge in [-0.2, -0.15) is 13.6 Å². The molecule has 3 rings (SSSR count). The first-order chi connectivity index (χ1) is 25.7. The minimum absolute atomic E-state index is 0.0341. The molecule has 2 aliphatic rings. The summed E-state index contributed by atoms with van der Waals surface area (Å²) in [6, 6.07) is 0.0564. The Morgan fingerprint density at radius 3 is 2.24 bits per heavy atom. The van der Waals surface area contributed by atoms with E-state index >= 15 is 0 Å². The van der Waals surface area contributed by atoms with Crippen LogP contribution in [0.1, 0.15) is 76.5 Å². The molecular formula is C28H46N7O17P3. The number of urea groups is 1. The number of rotatable bonds is 21. The van der Waals surface area contributed by atoms with E-state index in [1.165, 1.54) is 0 Å². The van der Waals surface area contributed by atoms with Crippen LogP contribution in [0, 0.1) is 11.8 Å². The Morgan fingerprint density at radius 2 is 1.60 bits per heavy atom. The van der Waals surface area contributed by atoms with Crippen LogP contribution in [0.15, 0.2) is 11.0 Å². The Hall–Kier alpha value is -3.26. The van der Waals surface area contributed by atoms with Gasteiger partial charge in [-0.3, -0.25) is 18.7 Å². The van der Waals surface area contributed by atoms with Gasteiger partial charge in [-0.25, -0.2) is 23.3 Å². The third-order valence-corrected chi connectivity index (χ3v) is 11.9. The van der Waals surface area contributed by atoms with Crippen LogP contribution in [-0.2, 0) is 41.2 Å². The quantitative estimate of drug-likeness (QED) is 0.0399. The van der Waals surface area contributed by atoms with Gasteiger partial charge < -0.3 is 61.5 Å². The molecular weight excluding hydrogens is 799 g/mol. The summed E-state index contributed by atoms with van der Waals surface area (Å²) in [7, 11) is -17.0. The molecule has 12 N–H and O–H groups in total. The molecule has 0 bridgehead atoms. The molecule has 0 aromatic carbocycles. The number of aliphatic hydroxyl groups excluding tert-OH is 2. The lowest BCUT2D eigenvalue weighted by molar-refractivity contribution is -0.122. The molecule has 310 valence electrons. The van der Waals surface area contributed by atoms with Gasteiger partial charge in [0.25, 0.3) is 0 Å². The number of hydrogen-bond donors (Lipinski definition) is 11. The molecule has 1 aromatic heterocycles. The molecule has 2 saturated heterocycles. The SMILES string of the molecule is C[C@@H]1NC(=O)N[C@@H]1CCCCCC(=O)NCCCCCC(=O)NCC#Cc1cn([C@@H]2O[C@H](COP(=O)(O)OP(=O)(O)OP(=O)(O)O)[C@@H](O)[C@H]2O)c(=O)nc1N. The van der Waals surface area contributed by atoms with Crippen LogP contribution in [0.3, 0.4) is 0 Å². The predicted octanol–water partition coefficient (Wildman–Crippen LogP) is -1.05. The maximum absolute atomic E-state index is 12.6. The van der Waals surface area contributed by atoms with E-state index in [9.17, 15) is 52.9 Å². The summed E-state index contributed by atoms with van der Waals surface area (Å²) in [5.74, 6) is 4.63. The number of aromatic nitrogens is 2. The summed E-state index contributed by atoms with van der Waals surface area (Å²) in [4.78, 5) is 87.9. The highest BCUT2D eigenvalue weighted by molar-refractivity contribution is 7.66. The molecule has 2 fully saturated rings. The zero-order chi connectivity index (χ0) is 41.0. The van der Waals surface area contributed by atoms with Gasteiger partial charge >= 0.3 is 35.2 Å². The van der Waals surface area contributed by atoms with E-state index < -0.39 is 60.3 Å². The second-order valence-corrected chi connectivity index (χ2v) is 16.9. The number of anilines is 1. The Morgan fingerprint density at radius 1 is 0.945 bits per heavy atom. The molecule has 0 aliphatic carbocycles. The van der Waals surface area contributed by atoms with Crippen molar-refractivity contribution in [1.82, 2.24) is 30.8 Å². The van der Waals surface area contributed by atoms with E-state index in [-0.39, 0.29) is 54.3 Å². The Kier molecular flexibility index (Phi) is 17.4. The number of nitrogens with zero attached hydrogens (tertiary/aromatic N) is 2. The Bertz CT molecular complexity index is 1780. The summed E-state index contributed by atoms with van der Waals surface area (Å²) < 4.78 is 52.0. The summed E-state index contributed by atoms with van der Waals surface area (Å²) in [5.41, 5.74) is 4.70. The minimum Gasteiger partial charge on any atom is -0.387 e. The fourth-order valence-electron chi connectivity index (χ4n) is 5.39. The lowest BCUT2D eigenvalue weighted by atomic mass is 10.0. The van der Waals surface area contributed by atoms with Gasteiger partial charge in [-0.05, 0) is 32.6 Å². The summed E-state index contributed by atoms with van der Waals surface area (Å²) in [6.45, 7) is 1.23. The van der Waals surface area contributed by atoms with Crippen molar-refractivity contribution in [2.45, 2.75) is 101 Å². The molecule has 2 unspecified atom stereocenters. The number of nitrogens with one attached hydrogen (secondary N) is 4. The van der Waals surface area contributed by atoms with Crippen molar-refractivity contribution in [1.29, 1.82) is 0 Å². The smallest absolute Gasteiger partial charge is 0.387 e. The van der Waals surface area contributed by atoms with Gasteiger partial charge in [0.2, 0.25) is 11.8 Å². The van der Waals surface area contributed by atoms with Crippen LogP contribution in [0.2, 0.25) is 0 Å². The van der Waals surface area contributed by atoms with Gasteiger partial charge in [-0.1, -0.05) is 31.1 Å². The highest BCUT2D eigenvalue weighted by Crippen LogP contribution is 2.66. The van der Waals surface area contributed by atoms with Crippen LogP contribution < -0.4 is 32.7 Å². The monoisotopic (exact) mass is 845 g/mol. The number of ether oxygens (including phenoxy) is 1. The zero-order valence-corrected chi connectivity index (χ0v) is 32.2. The van der Waals surface area contributed by atoms with E-state index in [4.69, 9.17) is 20.3 Å². The first kappa shape index (κ1) is 46.1. The maximum Gasteiger partial charge on any atom is 0.490 e. The Labute approximate surface area is 314 Å². The van der Waals surface area contributed by atoms with Crippen LogP contribution in [0.25, 0.3) is 0 Å². The highest BCUT2D eigenvalue weighted by atomic mass is 31.3. The number of phosphoric acid groups is 3. The molecule has 0 saturated carbocycles. The van der Waals surface area contributed by atoms with E-state index in [0.29, 0.717) is 36.8 Å². The van der Waals surface area contributed by atoms with Gasteiger partial charge in [0.15, 0.2) is 6.23 Å². The molecule has 0 radical (unpaired) electrons. The third-order valence-electron chi connectivity index (χ3n) is 8.11. The standard InChI is InChI=1S/C28H46N7O17P3/c1-17-19(33-27(40)32-17)10-4-2-5-11-21(36)30-13-7-3-6-12-22(37)31-14-8-9-18-15-35(28(41)34-25(18)29)26-24(39)23(38)20(50-26)16-49-54(45,46)52-55(47,48)51-53(42,43)44/h15,17,19-20,23-24,26,38-39H,2-7,10-14,16H2,1H3,(H,30,36)(H,31,37)(H,45,46)(H,47,48)(H2,29,34,41)(H2,32,33,40)(H2,42,43,44)/t17-,19+,20+,23+,24+,26+/m0/s1. The van der Waals surface area contributed by atoms with Gasteiger partial charge in [0.05, 0.1) is 24.8 Å². The van der Waals surface area contributed by atoms with Crippen LogP contribution in [-0.4, -0.2) is 107 Å². The van der Waals surface area contributed by atoms with E-state index in [2.05, 4.69) is 51.2 Å². The average Bonchev–Trinajstić information content (AvgIpc) is 3.53. The number of phosphoric ester groups is 1. The lowest BCUT2D eigenvalue weighted by Crippen LogP contribution is -2.36. The maximum atomic E-state index is 12.6. The fraction of sp³-hybridized carbons (Fsp3) is 0.679. The van der Waals surface area contributed by atoms with E-state index in [1.54, 1.807) is 0 Å². The second kappa shape index (κ2) is 20.8. The van der Waals surface area contributed by atoms with E-state index in [0.717, 1.165) is 31.9 Å². The molecule has 27 heteroatoms. The Balaban J connectivity index is 1.36. The van der Waals surface area contributed by atoms with Crippen LogP contribution in [0.5, 0.6) is 0 Å². The average molecular weight is 846 g/mol. The number of nitrogens with two attached hydrogens (primary N) is 1. The minimum atomic E-state index is -5.81. The van der Waals surface area contributed by atoms with Crippen molar-refractivity contribution in [3.8, 4) is 11.8 Å². The molecule has 8 atom stereocenters. The summed E-state index contributed by atoms with van der Waals surface area (Å²) in [6.07, 6.45) is -0.0505. The number of unbranched alkanes of at least 4 members (excludes halogenated alkanes) is 4. The molecule has 55 heavy (non-hydrogen) atoms. The molecule has 24 nitrogen and oxygen atoms in total. The number of hydrogen-bond acceptors (Lipinski definition) is 15. The number of carbonyl (C=O) groups excluding carboxylic acids is 3. The zero-order valence-electron chi connectivity index (χ0n) is 29.5. The van der Waals surface area contributed by atoms with Crippen LogP contribution >= 0.6 is 23.5 Å². The fourth-order valence-corrected chi connectivity index (χ4v) is 8.42. The van der Waals surface area contributed by atoms with Crippen molar-refractivity contribution < 1.29 is 75.7 Å². The number of nitrogen functional groups attached to an aromatic ring is 1. The van der Waals surface area contributed by atoms with Crippen molar-refractivity contribution in [3.63, 3.8) is 0 Å². The molecule has 0 spiro atoms. The largest absolute Gasteiger partial charge is 0.490 e. The number of aliphatic hydroxyl groups is 2. The van der Waals surface area contributed by atoms with Crippen molar-refractivity contribution in [3.05, 3.63) is 22.2 Å². The normalized spacial score (nSPS) is 24.5. The summed E-state index contributed by atoms with van der Waals surface area (Å²) >= 11 is 0. The van der Waals surface area contributed by atoms with Gasteiger partial charge in [0, 0.05) is 31.6 Å². The number of carbonyl (C=O) groups is 3. The first-order valence-corrected chi connectivity index (χ1v) is 21.5. The van der Waals surface area contributed by atoms with E-state index in [1.807, 2.05) is 6.92 Å². The van der Waals surface area contributed by atoms with Crippen molar-refractivity contribution >= 4 is 47.1 Å². The first-order valence-electron chi connectivity index (χ1n) is 16.9. The lowest BCUT2D eigenvalue weighted by Gasteiger charge is -2.19. The summed E-state index contributed by atoms with van der Waals surface area (Å²) in [5, 5.41) is 32.0. The molecule has 3 heterocycles. The molecule has 1 aromatic rings. The van der Waals surface area contributed by atoms with Crippen LogP contribution in [0.4, 0.5) is 10.6 Å². The second-order valence-electron chi connectivity index (χ2n) is 12.5. The number of amides is 4. The molecule has 4 amide bonds. The van der Waals surface area contributed by atoms with Crippen molar-refractivity contribution in [2.75, 3.05) is 25.4 Å². The molecule has 2 aliphatic heterocycles. The predicted molar refractivity (Wildman–Crippen MR) is 188 cm³/mol. The topological polar surface area (TPSA) is 370 Å². The highest BCUT2D eigenvalue weighted by Gasteiger charge is 2.47. The van der Waals surface area contributed by atoms with Crippen molar-refractivity contribution in [2.24, 2.45) is 0 Å². The van der Waals surface area contributed by atoms with Gasteiger partial charge in [-0.15, -0.1) is 0 Å². The van der Waals surface area contributed by atoms with Gasteiger partial charge in [0.1, 0.15) is 24.1 Å². The third kappa shape index (κ3) is 16.0.